The van der Waals surface area contributed by atoms with E-state index in [2.05, 4.69) is 26.1 Å². The Hall–Kier alpha value is -3.01. The van der Waals surface area contributed by atoms with Crippen molar-refractivity contribution in [3.05, 3.63) is 29.8 Å². The summed E-state index contributed by atoms with van der Waals surface area (Å²) in [6, 6.07) is 7.59. The van der Waals surface area contributed by atoms with Gasteiger partial charge in [0, 0.05) is 25.9 Å². The second kappa shape index (κ2) is 7.55. The number of carbonyl (C=O) groups is 3. The van der Waals surface area contributed by atoms with Crippen molar-refractivity contribution in [2.24, 2.45) is 0 Å². The Morgan fingerprint density at radius 3 is 2.64 bits per heavy atom. The van der Waals surface area contributed by atoms with Crippen molar-refractivity contribution in [1.82, 2.24) is 15.1 Å². The van der Waals surface area contributed by atoms with E-state index in [1.165, 1.54) is 16.8 Å². The summed E-state index contributed by atoms with van der Waals surface area (Å²) in [6.45, 7) is 0.943. The number of amides is 3. The zero-order valence-electron chi connectivity index (χ0n) is 15.1. The van der Waals surface area contributed by atoms with Gasteiger partial charge in [-0.3, -0.25) is 14.4 Å². The van der Waals surface area contributed by atoms with Crippen molar-refractivity contribution in [3.8, 4) is 0 Å². The molecule has 3 heterocycles. The van der Waals surface area contributed by atoms with Gasteiger partial charge in [-0.1, -0.05) is 23.5 Å². The SMILES string of the molecule is O=C(CCC(=O)N1CCC2(CC1)Nc1ccccc1NC2=O)Nc1nncs1. The first-order valence-electron chi connectivity index (χ1n) is 9.08. The molecule has 2 aliphatic rings. The van der Waals surface area contributed by atoms with Crippen LogP contribution in [0, 0.1) is 0 Å². The third-order valence-electron chi connectivity index (χ3n) is 5.13. The van der Waals surface area contributed by atoms with Gasteiger partial charge >= 0.3 is 0 Å². The maximum Gasteiger partial charge on any atom is 0.250 e. The third kappa shape index (κ3) is 3.68. The zero-order chi connectivity index (χ0) is 19.6. The fourth-order valence-corrected chi connectivity index (χ4v) is 4.00. The van der Waals surface area contributed by atoms with Gasteiger partial charge in [0.1, 0.15) is 11.0 Å². The summed E-state index contributed by atoms with van der Waals surface area (Å²) in [5.74, 6) is -0.405. The third-order valence-corrected chi connectivity index (χ3v) is 5.73. The number of hydrogen-bond acceptors (Lipinski definition) is 7. The fourth-order valence-electron chi connectivity index (χ4n) is 3.54. The number of carbonyl (C=O) groups excluding carboxylic acids is 3. The van der Waals surface area contributed by atoms with Crippen molar-refractivity contribution >= 4 is 45.6 Å². The van der Waals surface area contributed by atoms with Gasteiger partial charge in [-0.25, -0.2) is 0 Å². The molecule has 0 saturated carbocycles. The number of fused-ring (bicyclic) bond motifs is 1. The van der Waals surface area contributed by atoms with Crippen LogP contribution in [-0.2, 0) is 14.4 Å². The molecule has 0 aliphatic carbocycles. The highest BCUT2D eigenvalue weighted by Gasteiger charge is 2.44. The maximum absolute atomic E-state index is 12.6. The highest BCUT2D eigenvalue weighted by molar-refractivity contribution is 7.13. The monoisotopic (exact) mass is 400 g/mol. The fraction of sp³-hybridized carbons (Fsp3) is 0.389. The summed E-state index contributed by atoms with van der Waals surface area (Å²) in [4.78, 5) is 38.7. The highest BCUT2D eigenvalue weighted by Crippen LogP contribution is 2.36. The molecule has 0 unspecified atom stereocenters. The Kier molecular flexibility index (Phi) is 4.95. The minimum absolute atomic E-state index is 0.0604. The molecule has 2 aromatic rings. The lowest BCUT2D eigenvalue weighted by molar-refractivity contribution is -0.135. The van der Waals surface area contributed by atoms with E-state index in [0.717, 1.165) is 11.4 Å². The van der Waals surface area contributed by atoms with E-state index >= 15 is 0 Å². The van der Waals surface area contributed by atoms with Crippen molar-refractivity contribution in [1.29, 1.82) is 0 Å². The highest BCUT2D eigenvalue weighted by atomic mass is 32.1. The molecule has 1 aromatic carbocycles. The van der Waals surface area contributed by atoms with Crippen LogP contribution in [-0.4, -0.2) is 51.4 Å². The second-order valence-electron chi connectivity index (χ2n) is 6.88. The van der Waals surface area contributed by atoms with Crippen LogP contribution in [0.5, 0.6) is 0 Å². The molecule has 0 bridgehead atoms. The molecule has 2 aliphatic heterocycles. The smallest absolute Gasteiger partial charge is 0.250 e. The summed E-state index contributed by atoms with van der Waals surface area (Å²) in [6.07, 6.45) is 1.26. The van der Waals surface area contributed by atoms with Crippen LogP contribution in [0.2, 0.25) is 0 Å². The lowest BCUT2D eigenvalue weighted by Crippen LogP contribution is -2.59. The van der Waals surface area contributed by atoms with Crippen LogP contribution in [0.25, 0.3) is 0 Å². The molecule has 1 spiro atoms. The van der Waals surface area contributed by atoms with Crippen LogP contribution in [0.4, 0.5) is 16.5 Å². The maximum atomic E-state index is 12.6. The number of likely N-dealkylation sites (tertiary alicyclic amines) is 1. The molecule has 3 amide bonds. The Morgan fingerprint density at radius 1 is 1.18 bits per heavy atom. The normalized spacial score (nSPS) is 17.4. The molecular formula is C18H20N6O3S. The summed E-state index contributed by atoms with van der Waals surface area (Å²) >= 11 is 1.23. The van der Waals surface area contributed by atoms with Crippen molar-refractivity contribution < 1.29 is 14.4 Å². The minimum Gasteiger partial charge on any atom is -0.369 e. The molecule has 1 aromatic heterocycles. The van der Waals surface area contributed by atoms with Crippen molar-refractivity contribution in [2.45, 2.75) is 31.2 Å². The standard InChI is InChI=1S/C18H20N6O3S/c25-14(21-17-23-19-11-28-17)5-6-15(26)24-9-7-18(8-10-24)16(27)20-12-3-1-2-4-13(12)22-18/h1-4,11,22H,5-10H2,(H,20,27)(H,21,23,25). The van der Waals surface area contributed by atoms with Gasteiger partial charge in [0.15, 0.2) is 0 Å². The number of anilines is 3. The molecule has 4 rings (SSSR count). The number of piperidine rings is 1. The van der Waals surface area contributed by atoms with Gasteiger partial charge in [-0.15, -0.1) is 10.2 Å². The Morgan fingerprint density at radius 2 is 1.93 bits per heavy atom. The molecule has 10 heteroatoms. The van der Waals surface area contributed by atoms with Crippen LogP contribution < -0.4 is 16.0 Å². The number of nitrogens with one attached hydrogen (secondary N) is 3. The van der Waals surface area contributed by atoms with Gasteiger partial charge in [0.2, 0.25) is 22.9 Å². The average molecular weight is 400 g/mol. The van der Waals surface area contributed by atoms with Crippen LogP contribution in [0.15, 0.2) is 29.8 Å². The molecular weight excluding hydrogens is 380 g/mol. The number of hydrogen-bond donors (Lipinski definition) is 3. The largest absolute Gasteiger partial charge is 0.369 e. The zero-order valence-corrected chi connectivity index (χ0v) is 15.9. The Labute approximate surface area is 165 Å². The van der Waals surface area contributed by atoms with Crippen LogP contribution in [0.3, 0.4) is 0 Å². The number of para-hydroxylation sites is 2. The summed E-state index contributed by atoms with van der Waals surface area (Å²) in [5.41, 5.74) is 2.51. The quantitative estimate of drug-likeness (QED) is 0.719. The van der Waals surface area contributed by atoms with Gasteiger partial charge in [0.25, 0.3) is 0 Å². The lowest BCUT2D eigenvalue weighted by Gasteiger charge is -2.44. The molecule has 146 valence electrons. The van der Waals surface area contributed by atoms with Gasteiger partial charge < -0.3 is 20.9 Å². The van der Waals surface area contributed by atoms with E-state index in [1.807, 2.05) is 24.3 Å². The first-order chi connectivity index (χ1) is 13.6. The van der Waals surface area contributed by atoms with Crippen molar-refractivity contribution in [3.63, 3.8) is 0 Å². The Balaban J connectivity index is 1.29. The van der Waals surface area contributed by atoms with Crippen LogP contribution >= 0.6 is 11.3 Å². The van der Waals surface area contributed by atoms with Gasteiger partial charge in [-0.2, -0.15) is 0 Å². The first kappa shape index (κ1) is 18.4. The molecule has 0 atom stereocenters. The predicted molar refractivity (Wildman–Crippen MR) is 105 cm³/mol. The lowest BCUT2D eigenvalue weighted by atomic mass is 9.84. The molecule has 3 N–H and O–H groups in total. The minimum atomic E-state index is -0.694. The first-order valence-corrected chi connectivity index (χ1v) is 9.96. The van der Waals surface area contributed by atoms with E-state index in [1.54, 1.807) is 4.90 Å². The van der Waals surface area contributed by atoms with Crippen molar-refractivity contribution in [2.75, 3.05) is 29.0 Å². The molecule has 0 radical (unpaired) electrons. The topological polar surface area (TPSA) is 116 Å². The Bertz CT molecular complexity index is 892. The van der Waals surface area contributed by atoms with E-state index in [-0.39, 0.29) is 30.6 Å². The summed E-state index contributed by atoms with van der Waals surface area (Å²) in [7, 11) is 0. The van der Waals surface area contributed by atoms with E-state index in [4.69, 9.17) is 0 Å². The average Bonchev–Trinajstić information content (AvgIpc) is 3.20. The molecule has 1 fully saturated rings. The van der Waals surface area contributed by atoms with Crippen LogP contribution in [0.1, 0.15) is 25.7 Å². The summed E-state index contributed by atoms with van der Waals surface area (Å²) < 4.78 is 0. The number of aromatic nitrogens is 2. The molecule has 28 heavy (non-hydrogen) atoms. The second-order valence-corrected chi connectivity index (χ2v) is 7.71. The molecule has 9 nitrogen and oxygen atoms in total. The number of nitrogens with zero attached hydrogens (tertiary/aromatic N) is 3. The van der Waals surface area contributed by atoms with E-state index < -0.39 is 5.54 Å². The molecule has 1 saturated heterocycles. The van der Waals surface area contributed by atoms with Gasteiger partial charge in [0.05, 0.1) is 11.4 Å². The number of benzene rings is 1. The van der Waals surface area contributed by atoms with Gasteiger partial charge in [-0.05, 0) is 25.0 Å². The van der Waals surface area contributed by atoms with E-state index in [9.17, 15) is 14.4 Å². The summed E-state index contributed by atoms with van der Waals surface area (Å²) in [5, 5.41) is 16.8. The predicted octanol–water partition coefficient (Wildman–Crippen LogP) is 1.68. The van der Waals surface area contributed by atoms with E-state index in [0.29, 0.717) is 31.1 Å². The number of rotatable bonds is 4.